The second kappa shape index (κ2) is 13.2. The van der Waals surface area contributed by atoms with Crippen molar-refractivity contribution in [2.24, 2.45) is 5.92 Å². The molecule has 3 heterocycles. The zero-order valence-electron chi connectivity index (χ0n) is 25.5. The van der Waals surface area contributed by atoms with Gasteiger partial charge in [0.05, 0.1) is 30.5 Å². The summed E-state index contributed by atoms with van der Waals surface area (Å²) in [5, 5.41) is 30.4. The number of benzene rings is 3. The third-order valence-corrected chi connectivity index (χ3v) is 9.00. The summed E-state index contributed by atoms with van der Waals surface area (Å²) in [7, 11) is 0. The molecule has 232 valence electrons. The molecule has 3 atom stereocenters. The molecule has 4 aromatic rings. The van der Waals surface area contributed by atoms with Gasteiger partial charge in [0.1, 0.15) is 0 Å². The van der Waals surface area contributed by atoms with Gasteiger partial charge in [-0.05, 0) is 48.6 Å². The fourth-order valence-corrected chi connectivity index (χ4v) is 6.39. The lowest BCUT2D eigenvalue weighted by atomic mass is 9.83. The van der Waals surface area contributed by atoms with Gasteiger partial charge in [-0.1, -0.05) is 85.0 Å². The molecule has 9 heteroatoms. The van der Waals surface area contributed by atoms with Crippen LogP contribution < -0.4 is 9.80 Å². The summed E-state index contributed by atoms with van der Waals surface area (Å²) in [6.45, 7) is 3.41. The van der Waals surface area contributed by atoms with Gasteiger partial charge in [0.25, 0.3) is 5.91 Å². The first kappa shape index (κ1) is 30.4. The monoisotopic (exact) mass is 605 g/mol. The van der Waals surface area contributed by atoms with Gasteiger partial charge in [-0.25, -0.2) is 0 Å². The summed E-state index contributed by atoms with van der Waals surface area (Å²) in [4.78, 5) is 29.7. The number of aryl methyl sites for hydroxylation is 1. The topological polar surface area (TPSA) is 112 Å². The summed E-state index contributed by atoms with van der Waals surface area (Å²) >= 11 is 0. The van der Waals surface area contributed by atoms with E-state index >= 15 is 0 Å². The minimum absolute atomic E-state index is 0.0594. The van der Waals surface area contributed by atoms with E-state index in [9.17, 15) is 19.8 Å². The van der Waals surface area contributed by atoms with Crippen LogP contribution in [0.3, 0.4) is 0 Å². The van der Waals surface area contributed by atoms with Gasteiger partial charge in [-0.3, -0.25) is 14.3 Å². The Kier molecular flexibility index (Phi) is 8.91. The van der Waals surface area contributed by atoms with Crippen LogP contribution in [0.25, 0.3) is 0 Å². The molecule has 6 rings (SSSR count). The van der Waals surface area contributed by atoms with Crippen LogP contribution in [0.2, 0.25) is 0 Å². The fraction of sp³-hybridized carbons (Fsp3) is 0.333. The van der Waals surface area contributed by atoms with Gasteiger partial charge in [0.2, 0.25) is 5.91 Å². The Morgan fingerprint density at radius 3 is 2.49 bits per heavy atom. The Hall–Kier alpha value is -4.60. The fourth-order valence-electron chi connectivity index (χ4n) is 6.39. The lowest BCUT2D eigenvalue weighted by Crippen LogP contribution is -2.44. The number of fused-ring (bicyclic) bond motifs is 1. The molecule has 0 saturated carbocycles. The molecule has 2 N–H and O–H groups in total. The normalized spacial score (nSPS) is 19.7. The molecule has 3 aromatic carbocycles. The maximum absolute atomic E-state index is 13.9. The molecule has 2 amide bonds. The zero-order chi connectivity index (χ0) is 31.4. The summed E-state index contributed by atoms with van der Waals surface area (Å²) in [5.41, 5.74) is 3.08. The molecule has 0 aliphatic carbocycles. The SMILES string of the molecule is C[C@@H](/C=C/CCn1cc(C(CO)c2ccccc2)nn1)[C@]1(O)C(=O)N(Cc2ccc(N3CCCCC3=O)cc2)c2ccccc21. The van der Waals surface area contributed by atoms with Crippen molar-refractivity contribution in [2.45, 2.75) is 57.2 Å². The number of aliphatic hydroxyl groups is 2. The third kappa shape index (κ3) is 6.06. The molecule has 1 saturated heterocycles. The number of rotatable bonds is 11. The number of piperidine rings is 1. The summed E-state index contributed by atoms with van der Waals surface area (Å²) in [6, 6.07) is 24.9. The first-order valence-corrected chi connectivity index (χ1v) is 15.7. The van der Waals surface area contributed by atoms with Crippen LogP contribution in [0.5, 0.6) is 0 Å². The lowest BCUT2D eigenvalue weighted by Gasteiger charge is -2.28. The number of allylic oxidation sites excluding steroid dienone is 1. The number of carbonyl (C=O) groups excluding carboxylic acids is 2. The van der Waals surface area contributed by atoms with Crippen LogP contribution >= 0.6 is 0 Å². The first-order valence-electron chi connectivity index (χ1n) is 15.7. The second-order valence-electron chi connectivity index (χ2n) is 11.9. The van der Waals surface area contributed by atoms with Gasteiger partial charge in [0, 0.05) is 42.9 Å². The standard InChI is InChI=1S/C36H39N5O4/c1-26(11-7-9-21-39-24-32(37-38-39)30(25-42)28-12-3-2-4-13-28)36(45)31-14-5-6-15-33(31)41(35(36)44)23-27-17-19-29(20-18-27)40-22-10-8-16-34(40)43/h2-7,11-15,17-20,24,26,30,42,45H,8-10,16,21-23,25H2,1H3/b11-7+/t26-,30?,36+/m0/s1. The molecule has 0 bridgehead atoms. The number of hydrogen-bond acceptors (Lipinski definition) is 6. The van der Waals surface area contributed by atoms with E-state index in [4.69, 9.17) is 0 Å². The smallest absolute Gasteiger partial charge is 0.264 e. The molecule has 9 nitrogen and oxygen atoms in total. The zero-order valence-corrected chi connectivity index (χ0v) is 25.5. The van der Waals surface area contributed by atoms with Gasteiger partial charge in [0.15, 0.2) is 5.60 Å². The minimum Gasteiger partial charge on any atom is -0.395 e. The van der Waals surface area contributed by atoms with E-state index < -0.39 is 11.5 Å². The van der Waals surface area contributed by atoms with Gasteiger partial charge in [-0.2, -0.15) is 0 Å². The Bertz CT molecular complexity index is 1670. The Labute approximate surface area is 263 Å². The number of aromatic nitrogens is 3. The second-order valence-corrected chi connectivity index (χ2v) is 11.9. The first-order chi connectivity index (χ1) is 21.9. The predicted molar refractivity (Wildman–Crippen MR) is 172 cm³/mol. The highest BCUT2D eigenvalue weighted by atomic mass is 16.3. The highest BCUT2D eigenvalue weighted by molar-refractivity contribution is 6.07. The number of anilines is 2. The summed E-state index contributed by atoms with van der Waals surface area (Å²) < 4.78 is 1.74. The highest BCUT2D eigenvalue weighted by Crippen LogP contribution is 2.45. The average molecular weight is 606 g/mol. The van der Waals surface area contributed by atoms with Crippen molar-refractivity contribution in [1.82, 2.24) is 15.0 Å². The molecule has 0 radical (unpaired) electrons. The van der Waals surface area contributed by atoms with Crippen LogP contribution in [0.15, 0.2) is 97.2 Å². The van der Waals surface area contributed by atoms with Crippen molar-refractivity contribution in [3.8, 4) is 0 Å². The van der Waals surface area contributed by atoms with Crippen LogP contribution in [-0.2, 0) is 28.3 Å². The van der Waals surface area contributed by atoms with Gasteiger partial charge < -0.3 is 20.0 Å². The van der Waals surface area contributed by atoms with Crippen molar-refractivity contribution in [3.05, 3.63) is 120 Å². The van der Waals surface area contributed by atoms with E-state index in [1.807, 2.05) is 109 Å². The van der Waals surface area contributed by atoms with Gasteiger partial charge in [-0.15, -0.1) is 5.10 Å². The lowest BCUT2D eigenvalue weighted by molar-refractivity contribution is -0.139. The molecule has 45 heavy (non-hydrogen) atoms. The van der Waals surface area contributed by atoms with Crippen LogP contribution in [-0.4, -0.2) is 50.2 Å². The largest absolute Gasteiger partial charge is 0.395 e. The number of aliphatic hydroxyl groups excluding tert-OH is 1. The van der Waals surface area contributed by atoms with E-state index in [2.05, 4.69) is 10.3 Å². The predicted octanol–water partition coefficient (Wildman–Crippen LogP) is 4.94. The number of para-hydroxylation sites is 1. The number of nitrogens with zero attached hydrogens (tertiary/aromatic N) is 5. The van der Waals surface area contributed by atoms with E-state index in [1.54, 1.807) is 9.58 Å². The van der Waals surface area contributed by atoms with Crippen molar-refractivity contribution in [3.63, 3.8) is 0 Å². The molecule has 0 spiro atoms. The average Bonchev–Trinajstić information content (AvgIpc) is 3.62. The number of hydrogen-bond donors (Lipinski definition) is 2. The van der Waals surface area contributed by atoms with E-state index in [1.165, 1.54) is 0 Å². The van der Waals surface area contributed by atoms with E-state index in [0.717, 1.165) is 36.2 Å². The van der Waals surface area contributed by atoms with Crippen molar-refractivity contribution in [2.75, 3.05) is 23.0 Å². The quantitative estimate of drug-likeness (QED) is 0.235. The van der Waals surface area contributed by atoms with Crippen LogP contribution in [0, 0.1) is 5.92 Å². The van der Waals surface area contributed by atoms with E-state index in [-0.39, 0.29) is 24.3 Å². The molecular formula is C36H39N5O4. The molecular weight excluding hydrogens is 566 g/mol. The number of amides is 2. The highest BCUT2D eigenvalue weighted by Gasteiger charge is 2.52. The Morgan fingerprint density at radius 2 is 1.73 bits per heavy atom. The van der Waals surface area contributed by atoms with Gasteiger partial charge >= 0.3 is 0 Å². The molecule has 2 aliphatic heterocycles. The molecule has 2 aliphatic rings. The molecule has 1 aromatic heterocycles. The summed E-state index contributed by atoms with van der Waals surface area (Å²) in [5.74, 6) is -0.924. The molecule has 1 unspecified atom stereocenters. The van der Waals surface area contributed by atoms with Crippen LogP contribution in [0.4, 0.5) is 11.4 Å². The van der Waals surface area contributed by atoms with Crippen molar-refractivity contribution in [1.29, 1.82) is 0 Å². The Morgan fingerprint density at radius 1 is 0.978 bits per heavy atom. The minimum atomic E-state index is -1.70. The molecule has 1 fully saturated rings. The summed E-state index contributed by atoms with van der Waals surface area (Å²) in [6.07, 6.45) is 8.84. The third-order valence-electron chi connectivity index (χ3n) is 9.00. The van der Waals surface area contributed by atoms with Crippen LogP contribution in [0.1, 0.15) is 60.9 Å². The van der Waals surface area contributed by atoms with Crippen molar-refractivity contribution < 1.29 is 19.8 Å². The van der Waals surface area contributed by atoms with E-state index in [0.29, 0.717) is 42.9 Å². The Balaban J connectivity index is 1.11. The van der Waals surface area contributed by atoms with Crippen molar-refractivity contribution >= 4 is 23.2 Å². The maximum atomic E-state index is 13.9. The maximum Gasteiger partial charge on any atom is 0.264 e. The number of carbonyl (C=O) groups is 2.